The van der Waals surface area contributed by atoms with Crippen molar-refractivity contribution < 1.29 is 38.1 Å². The standard InChI is InChI=1S/C18H22O8/c1-11(19)24-15-10-23-18(22-9-14-7-5-4-6-8-14)17(26-13(3)21)16(15)25-12(2)20/h4-8,15-18H,9-10H2,1-3H3/t15-,16+,17+,18-/m0/s1. The van der Waals surface area contributed by atoms with Crippen molar-refractivity contribution in [2.45, 2.75) is 52.0 Å². The Morgan fingerprint density at radius 3 is 2.08 bits per heavy atom. The van der Waals surface area contributed by atoms with Crippen LogP contribution in [0.15, 0.2) is 30.3 Å². The summed E-state index contributed by atoms with van der Waals surface area (Å²) in [6, 6.07) is 9.34. The van der Waals surface area contributed by atoms with Crippen molar-refractivity contribution in [3.8, 4) is 0 Å². The maximum atomic E-state index is 11.5. The summed E-state index contributed by atoms with van der Waals surface area (Å²) in [5, 5.41) is 0. The van der Waals surface area contributed by atoms with Gasteiger partial charge in [0.15, 0.2) is 24.6 Å². The van der Waals surface area contributed by atoms with E-state index in [9.17, 15) is 14.4 Å². The highest BCUT2D eigenvalue weighted by molar-refractivity contribution is 5.68. The van der Waals surface area contributed by atoms with Crippen molar-refractivity contribution >= 4 is 17.9 Å². The van der Waals surface area contributed by atoms with Crippen LogP contribution in [0.2, 0.25) is 0 Å². The van der Waals surface area contributed by atoms with Crippen LogP contribution in [0.25, 0.3) is 0 Å². The average molecular weight is 366 g/mol. The molecule has 0 unspecified atom stereocenters. The number of carbonyl (C=O) groups excluding carboxylic acids is 3. The number of carbonyl (C=O) groups is 3. The zero-order valence-corrected chi connectivity index (χ0v) is 14.9. The van der Waals surface area contributed by atoms with Gasteiger partial charge in [0, 0.05) is 20.8 Å². The Morgan fingerprint density at radius 1 is 0.923 bits per heavy atom. The van der Waals surface area contributed by atoms with Crippen molar-refractivity contribution in [1.29, 1.82) is 0 Å². The molecular weight excluding hydrogens is 344 g/mol. The van der Waals surface area contributed by atoms with Crippen molar-refractivity contribution in [2.24, 2.45) is 0 Å². The van der Waals surface area contributed by atoms with E-state index in [4.69, 9.17) is 23.7 Å². The zero-order chi connectivity index (χ0) is 19.1. The molecule has 2 rings (SSSR count). The molecule has 8 nitrogen and oxygen atoms in total. The molecule has 8 heteroatoms. The third-order valence-corrected chi connectivity index (χ3v) is 3.56. The summed E-state index contributed by atoms with van der Waals surface area (Å²) in [5.41, 5.74) is 0.892. The minimum Gasteiger partial charge on any atom is -0.456 e. The summed E-state index contributed by atoms with van der Waals surface area (Å²) in [7, 11) is 0. The van der Waals surface area contributed by atoms with E-state index < -0.39 is 42.5 Å². The van der Waals surface area contributed by atoms with Crippen LogP contribution < -0.4 is 0 Å². The summed E-state index contributed by atoms with van der Waals surface area (Å²) in [5.74, 6) is -1.78. The predicted molar refractivity (Wildman–Crippen MR) is 87.6 cm³/mol. The van der Waals surface area contributed by atoms with Crippen LogP contribution in [0.3, 0.4) is 0 Å². The molecule has 1 aromatic rings. The fourth-order valence-corrected chi connectivity index (χ4v) is 2.60. The molecule has 0 radical (unpaired) electrons. The van der Waals surface area contributed by atoms with Crippen molar-refractivity contribution in [2.75, 3.05) is 6.61 Å². The number of benzene rings is 1. The van der Waals surface area contributed by atoms with E-state index in [0.717, 1.165) is 5.56 Å². The summed E-state index contributed by atoms with van der Waals surface area (Å²) >= 11 is 0. The molecule has 1 aliphatic heterocycles. The lowest BCUT2D eigenvalue weighted by Gasteiger charge is -2.40. The van der Waals surface area contributed by atoms with Gasteiger partial charge in [0.05, 0.1) is 13.2 Å². The maximum Gasteiger partial charge on any atom is 0.303 e. The molecule has 142 valence electrons. The Morgan fingerprint density at radius 2 is 1.50 bits per heavy atom. The second-order valence-corrected chi connectivity index (χ2v) is 5.79. The van der Waals surface area contributed by atoms with E-state index in [2.05, 4.69) is 0 Å². The Hall–Kier alpha value is -2.45. The molecule has 0 amide bonds. The third kappa shape index (κ3) is 5.82. The molecule has 0 spiro atoms. The molecule has 0 aliphatic carbocycles. The molecule has 0 N–H and O–H groups in total. The summed E-state index contributed by atoms with van der Waals surface area (Å²) < 4.78 is 26.9. The van der Waals surface area contributed by atoms with Gasteiger partial charge in [-0.2, -0.15) is 0 Å². The van der Waals surface area contributed by atoms with Gasteiger partial charge in [-0.3, -0.25) is 14.4 Å². The Labute approximate surface area is 151 Å². The monoisotopic (exact) mass is 366 g/mol. The van der Waals surface area contributed by atoms with Gasteiger partial charge in [0.1, 0.15) is 0 Å². The first-order chi connectivity index (χ1) is 12.4. The molecule has 0 bridgehead atoms. The van der Waals surface area contributed by atoms with Gasteiger partial charge in [-0.25, -0.2) is 0 Å². The highest BCUT2D eigenvalue weighted by Crippen LogP contribution is 2.26. The Bertz CT molecular complexity index is 629. The second kappa shape index (κ2) is 9.30. The fraction of sp³-hybridized carbons (Fsp3) is 0.500. The number of hydrogen-bond donors (Lipinski definition) is 0. The topological polar surface area (TPSA) is 97.4 Å². The van der Waals surface area contributed by atoms with Crippen LogP contribution in [-0.2, 0) is 44.7 Å². The summed E-state index contributed by atoms with van der Waals surface area (Å²) in [4.78, 5) is 34.3. The van der Waals surface area contributed by atoms with Crippen LogP contribution in [0.1, 0.15) is 26.3 Å². The van der Waals surface area contributed by atoms with Gasteiger partial charge in [-0.15, -0.1) is 0 Å². The van der Waals surface area contributed by atoms with E-state index in [1.165, 1.54) is 20.8 Å². The van der Waals surface area contributed by atoms with Crippen LogP contribution in [0.5, 0.6) is 0 Å². The van der Waals surface area contributed by atoms with Gasteiger partial charge in [-0.05, 0) is 5.56 Å². The van der Waals surface area contributed by atoms with E-state index in [1.807, 2.05) is 30.3 Å². The highest BCUT2D eigenvalue weighted by Gasteiger charge is 2.47. The van der Waals surface area contributed by atoms with E-state index >= 15 is 0 Å². The minimum absolute atomic E-state index is 0.0608. The lowest BCUT2D eigenvalue weighted by molar-refractivity contribution is -0.283. The molecule has 1 fully saturated rings. The molecular formula is C18H22O8. The van der Waals surface area contributed by atoms with Gasteiger partial charge < -0.3 is 23.7 Å². The SMILES string of the molecule is CC(=O)O[C@H]1[C@@H](OCc2ccccc2)OC[C@H](OC(C)=O)[C@H]1OC(C)=O. The molecule has 4 atom stereocenters. The first-order valence-electron chi connectivity index (χ1n) is 8.15. The first kappa shape index (κ1) is 19.9. The summed E-state index contributed by atoms with van der Waals surface area (Å²) in [6.45, 7) is 3.80. The lowest BCUT2D eigenvalue weighted by Crippen LogP contribution is -2.58. The van der Waals surface area contributed by atoms with Gasteiger partial charge in [0.25, 0.3) is 0 Å². The fourth-order valence-electron chi connectivity index (χ4n) is 2.60. The predicted octanol–water partition coefficient (Wildman–Crippen LogP) is 1.35. The van der Waals surface area contributed by atoms with Gasteiger partial charge in [-0.1, -0.05) is 30.3 Å². The van der Waals surface area contributed by atoms with Crippen LogP contribution in [0, 0.1) is 0 Å². The first-order valence-corrected chi connectivity index (χ1v) is 8.15. The Balaban J connectivity index is 2.16. The molecule has 1 aromatic carbocycles. The molecule has 1 heterocycles. The largest absolute Gasteiger partial charge is 0.456 e. The number of rotatable bonds is 6. The Kier molecular flexibility index (Phi) is 7.11. The number of esters is 3. The maximum absolute atomic E-state index is 11.5. The minimum atomic E-state index is -1.07. The quantitative estimate of drug-likeness (QED) is 0.550. The van der Waals surface area contributed by atoms with Crippen molar-refractivity contribution in [1.82, 2.24) is 0 Å². The average Bonchev–Trinajstić information content (AvgIpc) is 2.56. The normalized spacial score (nSPS) is 25.2. The molecule has 0 saturated carbocycles. The van der Waals surface area contributed by atoms with E-state index in [-0.39, 0.29) is 13.2 Å². The number of hydrogen-bond acceptors (Lipinski definition) is 8. The van der Waals surface area contributed by atoms with E-state index in [0.29, 0.717) is 0 Å². The second-order valence-electron chi connectivity index (χ2n) is 5.79. The van der Waals surface area contributed by atoms with Gasteiger partial charge in [0.2, 0.25) is 0 Å². The van der Waals surface area contributed by atoms with Crippen molar-refractivity contribution in [3.05, 3.63) is 35.9 Å². The van der Waals surface area contributed by atoms with Crippen LogP contribution in [0.4, 0.5) is 0 Å². The van der Waals surface area contributed by atoms with Crippen LogP contribution in [-0.4, -0.2) is 49.1 Å². The molecule has 1 saturated heterocycles. The van der Waals surface area contributed by atoms with Crippen LogP contribution >= 0.6 is 0 Å². The van der Waals surface area contributed by atoms with Crippen molar-refractivity contribution in [3.63, 3.8) is 0 Å². The number of ether oxygens (including phenoxy) is 5. The van der Waals surface area contributed by atoms with Gasteiger partial charge >= 0.3 is 17.9 Å². The third-order valence-electron chi connectivity index (χ3n) is 3.56. The molecule has 1 aliphatic rings. The molecule has 0 aromatic heterocycles. The zero-order valence-electron chi connectivity index (χ0n) is 14.9. The van der Waals surface area contributed by atoms with E-state index in [1.54, 1.807) is 0 Å². The molecule has 26 heavy (non-hydrogen) atoms. The highest BCUT2D eigenvalue weighted by atomic mass is 16.7. The summed E-state index contributed by atoms with van der Waals surface area (Å²) in [6.07, 6.45) is -3.99. The lowest BCUT2D eigenvalue weighted by atomic mass is 10.0. The smallest absolute Gasteiger partial charge is 0.303 e.